The standard InChI is InChI=1S/C12H10FNO2/c13-8-3-1-2-7-6-9(16-10(7)8)11(15)12(14)4-5-12/h1-3,6H,4-5,14H2. The fourth-order valence-electron chi connectivity index (χ4n) is 1.75. The van der Waals surface area contributed by atoms with Gasteiger partial charge in [-0.15, -0.1) is 0 Å². The fourth-order valence-corrected chi connectivity index (χ4v) is 1.75. The summed E-state index contributed by atoms with van der Waals surface area (Å²) in [6.07, 6.45) is 1.34. The molecule has 2 aromatic rings. The van der Waals surface area contributed by atoms with Crippen LogP contribution in [0.15, 0.2) is 28.7 Å². The van der Waals surface area contributed by atoms with Gasteiger partial charge in [0.05, 0.1) is 5.54 Å². The smallest absolute Gasteiger partial charge is 0.217 e. The van der Waals surface area contributed by atoms with Gasteiger partial charge in [-0.2, -0.15) is 0 Å². The van der Waals surface area contributed by atoms with Gasteiger partial charge in [0, 0.05) is 5.39 Å². The number of carbonyl (C=O) groups excluding carboxylic acids is 1. The Kier molecular flexibility index (Phi) is 1.74. The Balaban J connectivity index is 2.12. The molecule has 4 heteroatoms. The first-order chi connectivity index (χ1) is 7.60. The van der Waals surface area contributed by atoms with Gasteiger partial charge in [0.15, 0.2) is 17.2 Å². The molecule has 1 aliphatic rings. The maximum absolute atomic E-state index is 13.3. The summed E-state index contributed by atoms with van der Waals surface area (Å²) in [4.78, 5) is 11.9. The van der Waals surface area contributed by atoms with E-state index in [-0.39, 0.29) is 17.1 Å². The van der Waals surface area contributed by atoms with Crippen LogP contribution in [-0.2, 0) is 0 Å². The minimum absolute atomic E-state index is 0.120. The van der Waals surface area contributed by atoms with E-state index >= 15 is 0 Å². The molecule has 0 atom stereocenters. The van der Waals surface area contributed by atoms with E-state index in [1.165, 1.54) is 6.07 Å². The molecule has 1 aliphatic carbocycles. The van der Waals surface area contributed by atoms with Crippen LogP contribution >= 0.6 is 0 Å². The average Bonchev–Trinajstić information content (AvgIpc) is 2.86. The van der Waals surface area contributed by atoms with Crippen molar-refractivity contribution in [3.05, 3.63) is 35.8 Å². The molecule has 16 heavy (non-hydrogen) atoms. The quantitative estimate of drug-likeness (QED) is 0.788. The van der Waals surface area contributed by atoms with Crippen LogP contribution in [0, 0.1) is 5.82 Å². The molecular weight excluding hydrogens is 209 g/mol. The van der Waals surface area contributed by atoms with Crippen molar-refractivity contribution in [1.82, 2.24) is 0 Å². The predicted molar refractivity (Wildman–Crippen MR) is 56.7 cm³/mol. The van der Waals surface area contributed by atoms with E-state index < -0.39 is 11.4 Å². The monoisotopic (exact) mass is 219 g/mol. The van der Waals surface area contributed by atoms with E-state index in [2.05, 4.69) is 0 Å². The number of halogens is 1. The average molecular weight is 219 g/mol. The van der Waals surface area contributed by atoms with E-state index in [0.717, 1.165) is 0 Å². The summed E-state index contributed by atoms with van der Waals surface area (Å²) in [7, 11) is 0. The number of carbonyl (C=O) groups is 1. The van der Waals surface area contributed by atoms with Gasteiger partial charge in [0.25, 0.3) is 0 Å². The molecule has 1 heterocycles. The molecule has 0 unspecified atom stereocenters. The lowest BCUT2D eigenvalue weighted by Gasteiger charge is -2.02. The molecule has 0 spiro atoms. The van der Waals surface area contributed by atoms with Crippen LogP contribution in [0.3, 0.4) is 0 Å². The zero-order chi connectivity index (χ0) is 11.3. The van der Waals surface area contributed by atoms with E-state index in [4.69, 9.17) is 10.2 Å². The van der Waals surface area contributed by atoms with Crippen molar-refractivity contribution in [3.63, 3.8) is 0 Å². The molecule has 0 radical (unpaired) electrons. The van der Waals surface area contributed by atoms with E-state index in [1.54, 1.807) is 18.2 Å². The molecule has 0 aliphatic heterocycles. The largest absolute Gasteiger partial charge is 0.450 e. The van der Waals surface area contributed by atoms with Gasteiger partial charge in [0.2, 0.25) is 5.78 Å². The molecule has 1 aromatic carbocycles. The van der Waals surface area contributed by atoms with Crippen LogP contribution < -0.4 is 5.73 Å². The minimum atomic E-state index is -0.773. The highest BCUT2D eigenvalue weighted by molar-refractivity contribution is 6.05. The first kappa shape index (κ1) is 9.54. The second-order valence-corrected chi connectivity index (χ2v) is 4.25. The number of hydrogen-bond donors (Lipinski definition) is 1. The number of furan rings is 1. The lowest BCUT2D eigenvalue weighted by Crippen LogP contribution is -2.32. The molecular formula is C12H10FNO2. The number of hydrogen-bond acceptors (Lipinski definition) is 3. The zero-order valence-corrected chi connectivity index (χ0v) is 8.50. The Morgan fingerprint density at radius 1 is 1.44 bits per heavy atom. The first-order valence-electron chi connectivity index (χ1n) is 5.12. The topological polar surface area (TPSA) is 56.2 Å². The van der Waals surface area contributed by atoms with Gasteiger partial charge < -0.3 is 10.2 Å². The Labute approximate surface area is 91.0 Å². The molecule has 1 aromatic heterocycles. The van der Waals surface area contributed by atoms with Crippen LogP contribution in [0.1, 0.15) is 23.4 Å². The van der Waals surface area contributed by atoms with Gasteiger partial charge in [-0.3, -0.25) is 4.79 Å². The summed E-state index contributed by atoms with van der Waals surface area (Å²) < 4.78 is 18.6. The van der Waals surface area contributed by atoms with Crippen molar-refractivity contribution in [2.45, 2.75) is 18.4 Å². The van der Waals surface area contributed by atoms with Gasteiger partial charge in [-0.25, -0.2) is 4.39 Å². The predicted octanol–water partition coefficient (Wildman–Crippen LogP) is 2.25. The molecule has 3 nitrogen and oxygen atoms in total. The second kappa shape index (κ2) is 2.92. The highest BCUT2D eigenvalue weighted by Gasteiger charge is 2.47. The number of ketones is 1. The molecule has 1 fully saturated rings. The van der Waals surface area contributed by atoms with Crippen LogP contribution in [0.5, 0.6) is 0 Å². The highest BCUT2D eigenvalue weighted by atomic mass is 19.1. The Hall–Kier alpha value is -1.68. The lowest BCUT2D eigenvalue weighted by molar-refractivity contribution is 0.0923. The number of fused-ring (bicyclic) bond motifs is 1. The Bertz CT molecular complexity index is 584. The lowest BCUT2D eigenvalue weighted by atomic mass is 10.1. The molecule has 2 N–H and O–H groups in total. The summed E-state index contributed by atoms with van der Waals surface area (Å²) in [5.41, 5.74) is 5.13. The fraction of sp³-hybridized carbons (Fsp3) is 0.250. The van der Waals surface area contributed by atoms with E-state index in [1.807, 2.05) is 0 Å². The van der Waals surface area contributed by atoms with Crippen LogP contribution in [-0.4, -0.2) is 11.3 Å². The molecule has 82 valence electrons. The van der Waals surface area contributed by atoms with Crippen molar-refractivity contribution in [3.8, 4) is 0 Å². The van der Waals surface area contributed by atoms with Crippen molar-refractivity contribution < 1.29 is 13.6 Å². The van der Waals surface area contributed by atoms with Gasteiger partial charge in [0.1, 0.15) is 0 Å². The van der Waals surface area contributed by atoms with Crippen molar-refractivity contribution in [2.24, 2.45) is 5.73 Å². The van der Waals surface area contributed by atoms with Crippen LogP contribution in [0.4, 0.5) is 4.39 Å². The summed E-state index contributed by atoms with van der Waals surface area (Å²) in [6, 6.07) is 6.13. The van der Waals surface area contributed by atoms with Gasteiger partial charge in [-0.05, 0) is 25.0 Å². The molecule has 0 amide bonds. The first-order valence-corrected chi connectivity index (χ1v) is 5.12. The third kappa shape index (κ3) is 1.27. The number of Topliss-reactive ketones (excluding diaryl/α,β-unsaturated/α-hetero) is 1. The zero-order valence-electron chi connectivity index (χ0n) is 8.50. The van der Waals surface area contributed by atoms with Crippen molar-refractivity contribution >= 4 is 16.8 Å². The van der Waals surface area contributed by atoms with E-state index in [9.17, 15) is 9.18 Å². The summed E-state index contributed by atoms with van der Waals surface area (Å²) in [5, 5.41) is 0.590. The van der Waals surface area contributed by atoms with Gasteiger partial charge in [-0.1, -0.05) is 12.1 Å². The Morgan fingerprint density at radius 3 is 2.81 bits per heavy atom. The van der Waals surface area contributed by atoms with Gasteiger partial charge >= 0.3 is 0 Å². The number of nitrogens with two attached hydrogens (primary N) is 1. The SMILES string of the molecule is NC1(C(=O)c2cc3cccc(F)c3o2)CC1. The highest BCUT2D eigenvalue weighted by Crippen LogP contribution is 2.36. The molecule has 0 bridgehead atoms. The maximum atomic E-state index is 13.3. The summed E-state index contributed by atoms with van der Waals surface area (Å²) in [6.45, 7) is 0. The number of rotatable bonds is 2. The van der Waals surface area contributed by atoms with Crippen LogP contribution in [0.2, 0.25) is 0 Å². The summed E-state index contributed by atoms with van der Waals surface area (Å²) in [5.74, 6) is -0.540. The molecule has 1 saturated carbocycles. The van der Waals surface area contributed by atoms with Crippen molar-refractivity contribution in [2.75, 3.05) is 0 Å². The maximum Gasteiger partial charge on any atom is 0.217 e. The normalized spacial score (nSPS) is 17.6. The van der Waals surface area contributed by atoms with Crippen LogP contribution in [0.25, 0.3) is 11.0 Å². The molecule has 0 saturated heterocycles. The molecule has 3 rings (SSSR count). The minimum Gasteiger partial charge on any atom is -0.450 e. The van der Waals surface area contributed by atoms with Crippen molar-refractivity contribution in [1.29, 1.82) is 0 Å². The van der Waals surface area contributed by atoms with E-state index in [0.29, 0.717) is 18.2 Å². The third-order valence-electron chi connectivity index (χ3n) is 2.96. The summed E-state index contributed by atoms with van der Waals surface area (Å²) >= 11 is 0. The Morgan fingerprint density at radius 2 is 2.19 bits per heavy atom. The third-order valence-corrected chi connectivity index (χ3v) is 2.96. The second-order valence-electron chi connectivity index (χ2n) is 4.25. The number of benzene rings is 1. The number of para-hydroxylation sites is 1.